The van der Waals surface area contributed by atoms with E-state index in [9.17, 15) is 8.42 Å². The van der Waals surface area contributed by atoms with Crippen molar-refractivity contribution in [1.82, 2.24) is 4.72 Å². The predicted molar refractivity (Wildman–Crippen MR) is 82.5 cm³/mol. The summed E-state index contributed by atoms with van der Waals surface area (Å²) < 4.78 is 27.9. The molecule has 1 aromatic rings. The summed E-state index contributed by atoms with van der Waals surface area (Å²) in [7, 11) is -2.06. The fourth-order valence-corrected chi connectivity index (χ4v) is 2.62. The molecular formula is C12H19N3O2S2. The van der Waals surface area contributed by atoms with Gasteiger partial charge in [0.2, 0.25) is 0 Å². The molecule has 0 bridgehead atoms. The number of benzene rings is 1. The standard InChI is InChI=1S/C12H19N3O2S2/c1-9(2)8-14-19(16,17)15(3)11-6-4-5-10(7-11)12(13)18/h4-7,9,14H,8H2,1-3H3,(H2,13,18). The molecule has 5 nitrogen and oxygen atoms in total. The molecule has 0 amide bonds. The van der Waals surface area contributed by atoms with E-state index in [0.717, 1.165) is 0 Å². The van der Waals surface area contributed by atoms with Gasteiger partial charge >= 0.3 is 10.2 Å². The number of hydrogen-bond acceptors (Lipinski definition) is 3. The summed E-state index contributed by atoms with van der Waals surface area (Å²) in [6, 6.07) is 6.81. The van der Waals surface area contributed by atoms with Crippen LogP contribution in [-0.4, -0.2) is 27.0 Å². The zero-order valence-electron chi connectivity index (χ0n) is 11.3. The molecule has 0 fully saturated rings. The smallest absolute Gasteiger partial charge is 0.301 e. The molecule has 7 heteroatoms. The summed E-state index contributed by atoms with van der Waals surface area (Å²) in [6.07, 6.45) is 0. The maximum absolute atomic E-state index is 12.1. The van der Waals surface area contributed by atoms with Crippen LogP contribution in [0.4, 0.5) is 5.69 Å². The van der Waals surface area contributed by atoms with Crippen molar-refractivity contribution in [3.63, 3.8) is 0 Å². The highest BCUT2D eigenvalue weighted by atomic mass is 32.2. The molecule has 0 radical (unpaired) electrons. The molecule has 3 N–H and O–H groups in total. The van der Waals surface area contributed by atoms with Crippen LogP contribution in [0.15, 0.2) is 24.3 Å². The number of hydrogen-bond donors (Lipinski definition) is 2. The third-order valence-electron chi connectivity index (χ3n) is 2.53. The lowest BCUT2D eigenvalue weighted by molar-refractivity contribution is 0.558. The lowest BCUT2D eigenvalue weighted by atomic mass is 10.2. The van der Waals surface area contributed by atoms with E-state index in [1.165, 1.54) is 11.4 Å². The van der Waals surface area contributed by atoms with Crippen LogP contribution >= 0.6 is 12.2 Å². The SMILES string of the molecule is CC(C)CNS(=O)(=O)N(C)c1cccc(C(N)=S)c1. The van der Waals surface area contributed by atoms with E-state index in [-0.39, 0.29) is 10.9 Å². The van der Waals surface area contributed by atoms with Crippen molar-refractivity contribution >= 4 is 33.1 Å². The number of nitrogens with one attached hydrogen (secondary N) is 1. The molecule has 19 heavy (non-hydrogen) atoms. The number of nitrogens with zero attached hydrogens (tertiary/aromatic N) is 1. The van der Waals surface area contributed by atoms with Crippen LogP contribution in [0.1, 0.15) is 19.4 Å². The summed E-state index contributed by atoms with van der Waals surface area (Å²) in [4.78, 5) is 0.239. The topological polar surface area (TPSA) is 75.4 Å². The Hall–Kier alpha value is -1.18. The van der Waals surface area contributed by atoms with Gasteiger partial charge < -0.3 is 5.73 Å². The van der Waals surface area contributed by atoms with Crippen LogP contribution in [-0.2, 0) is 10.2 Å². The average molecular weight is 301 g/mol. The summed E-state index contributed by atoms with van der Waals surface area (Å²) in [5.74, 6) is 0.242. The first kappa shape index (κ1) is 15.9. The van der Waals surface area contributed by atoms with Gasteiger partial charge in [0.25, 0.3) is 0 Å². The summed E-state index contributed by atoms with van der Waals surface area (Å²) >= 11 is 4.88. The Morgan fingerprint density at radius 2 is 2.11 bits per heavy atom. The molecule has 0 spiro atoms. The second-order valence-electron chi connectivity index (χ2n) is 4.63. The predicted octanol–water partition coefficient (Wildman–Crippen LogP) is 1.25. The first-order valence-corrected chi connectivity index (χ1v) is 7.72. The number of anilines is 1. The highest BCUT2D eigenvalue weighted by Gasteiger charge is 2.18. The van der Waals surface area contributed by atoms with Crippen LogP contribution in [0.25, 0.3) is 0 Å². The Morgan fingerprint density at radius 1 is 1.47 bits per heavy atom. The lowest BCUT2D eigenvalue weighted by Gasteiger charge is -2.21. The van der Waals surface area contributed by atoms with Crippen molar-refractivity contribution in [1.29, 1.82) is 0 Å². The maximum atomic E-state index is 12.1. The van der Waals surface area contributed by atoms with E-state index in [2.05, 4.69) is 4.72 Å². The largest absolute Gasteiger partial charge is 0.389 e. The van der Waals surface area contributed by atoms with Gasteiger partial charge in [0.05, 0.1) is 5.69 Å². The minimum absolute atomic E-state index is 0.239. The van der Waals surface area contributed by atoms with E-state index in [0.29, 0.717) is 17.8 Å². The zero-order chi connectivity index (χ0) is 14.6. The Morgan fingerprint density at radius 3 is 2.63 bits per heavy atom. The lowest BCUT2D eigenvalue weighted by Crippen LogP contribution is -2.39. The highest BCUT2D eigenvalue weighted by molar-refractivity contribution is 7.90. The first-order chi connectivity index (χ1) is 8.74. The summed E-state index contributed by atoms with van der Waals surface area (Å²) in [5, 5.41) is 0. The molecule has 0 heterocycles. The second kappa shape index (κ2) is 6.31. The van der Waals surface area contributed by atoms with Gasteiger partial charge in [0.1, 0.15) is 4.99 Å². The number of rotatable bonds is 6. The van der Waals surface area contributed by atoms with Crippen LogP contribution < -0.4 is 14.8 Å². The Labute approximate surface area is 120 Å². The highest BCUT2D eigenvalue weighted by Crippen LogP contribution is 2.17. The molecule has 0 saturated carbocycles. The van der Waals surface area contributed by atoms with Gasteiger partial charge in [-0.15, -0.1) is 0 Å². The normalized spacial score (nSPS) is 11.6. The third kappa shape index (κ3) is 4.45. The quantitative estimate of drug-likeness (QED) is 0.775. The van der Waals surface area contributed by atoms with E-state index in [4.69, 9.17) is 18.0 Å². The maximum Gasteiger partial charge on any atom is 0.301 e. The minimum Gasteiger partial charge on any atom is -0.389 e. The molecule has 0 saturated heterocycles. The molecule has 0 aliphatic carbocycles. The molecule has 0 atom stereocenters. The van der Waals surface area contributed by atoms with Crippen LogP contribution in [0.5, 0.6) is 0 Å². The Kier molecular flexibility index (Phi) is 5.28. The molecule has 1 aromatic carbocycles. The molecule has 106 valence electrons. The van der Waals surface area contributed by atoms with Crippen LogP contribution in [0, 0.1) is 5.92 Å². The molecule has 0 aromatic heterocycles. The van der Waals surface area contributed by atoms with Crippen molar-refractivity contribution in [3.8, 4) is 0 Å². The van der Waals surface area contributed by atoms with Crippen molar-refractivity contribution < 1.29 is 8.42 Å². The number of thiocarbonyl (C=S) groups is 1. The fourth-order valence-electron chi connectivity index (χ4n) is 1.36. The summed E-state index contributed by atoms with van der Waals surface area (Å²) in [5.41, 5.74) is 6.69. The molecule has 0 aliphatic heterocycles. The fraction of sp³-hybridized carbons (Fsp3) is 0.417. The van der Waals surface area contributed by atoms with Crippen molar-refractivity contribution in [2.45, 2.75) is 13.8 Å². The number of nitrogens with two attached hydrogens (primary N) is 1. The van der Waals surface area contributed by atoms with Crippen LogP contribution in [0.3, 0.4) is 0 Å². The van der Waals surface area contributed by atoms with Gasteiger partial charge in [0.15, 0.2) is 0 Å². The van der Waals surface area contributed by atoms with Crippen molar-refractivity contribution in [3.05, 3.63) is 29.8 Å². The Bertz CT molecular complexity index is 556. The van der Waals surface area contributed by atoms with Gasteiger partial charge in [-0.25, -0.2) is 0 Å². The van der Waals surface area contributed by atoms with E-state index in [1.807, 2.05) is 13.8 Å². The third-order valence-corrected chi connectivity index (χ3v) is 4.23. The van der Waals surface area contributed by atoms with Gasteiger partial charge in [0, 0.05) is 19.2 Å². The molecule has 0 aliphatic rings. The Balaban J connectivity index is 2.96. The van der Waals surface area contributed by atoms with E-state index in [1.54, 1.807) is 24.3 Å². The monoisotopic (exact) mass is 301 g/mol. The van der Waals surface area contributed by atoms with Crippen molar-refractivity contribution in [2.24, 2.45) is 11.7 Å². The van der Waals surface area contributed by atoms with E-state index < -0.39 is 10.2 Å². The molecule has 1 rings (SSSR count). The van der Waals surface area contributed by atoms with Gasteiger partial charge in [-0.1, -0.05) is 38.2 Å². The zero-order valence-corrected chi connectivity index (χ0v) is 12.9. The average Bonchev–Trinajstić information content (AvgIpc) is 2.35. The van der Waals surface area contributed by atoms with Gasteiger partial charge in [-0.2, -0.15) is 13.1 Å². The minimum atomic E-state index is -3.55. The van der Waals surface area contributed by atoms with Crippen molar-refractivity contribution in [2.75, 3.05) is 17.9 Å². The first-order valence-electron chi connectivity index (χ1n) is 5.87. The molecular weight excluding hydrogens is 282 g/mol. The van der Waals surface area contributed by atoms with E-state index >= 15 is 0 Å². The second-order valence-corrected chi connectivity index (χ2v) is 6.86. The van der Waals surface area contributed by atoms with Gasteiger partial charge in [-0.05, 0) is 18.1 Å². The summed E-state index contributed by atoms with van der Waals surface area (Å²) in [6.45, 7) is 4.27. The van der Waals surface area contributed by atoms with Crippen LogP contribution in [0.2, 0.25) is 0 Å². The van der Waals surface area contributed by atoms with Gasteiger partial charge in [-0.3, -0.25) is 4.31 Å². The molecule has 0 unspecified atom stereocenters.